The molecule has 2 aliphatic rings. The van der Waals surface area contributed by atoms with Crippen LogP contribution >= 0.6 is 23.5 Å². The number of thioether (sulfide) groups is 2. The first-order valence-corrected chi connectivity index (χ1v) is 13.0. The van der Waals surface area contributed by atoms with Crippen LogP contribution in [0, 0.1) is 0 Å². The number of carbonyl (C=O) groups is 1. The number of rotatable bonds is 4. The van der Waals surface area contributed by atoms with Gasteiger partial charge in [0.2, 0.25) is 0 Å². The van der Waals surface area contributed by atoms with Crippen molar-refractivity contribution in [3.8, 4) is 11.5 Å². The van der Waals surface area contributed by atoms with Crippen molar-refractivity contribution in [1.82, 2.24) is 0 Å². The smallest absolute Gasteiger partial charge is 0.302 e. The predicted octanol–water partition coefficient (Wildman–Crippen LogP) is 5.27. The van der Waals surface area contributed by atoms with Crippen LogP contribution in [-0.4, -0.2) is 48.5 Å². The first-order valence-electron chi connectivity index (χ1n) is 11.1. The predicted molar refractivity (Wildman–Crippen MR) is 136 cm³/mol. The van der Waals surface area contributed by atoms with Crippen LogP contribution in [0.1, 0.15) is 31.4 Å². The van der Waals surface area contributed by atoms with Crippen LogP contribution < -0.4 is 9.47 Å². The van der Waals surface area contributed by atoms with Crippen LogP contribution in [0.25, 0.3) is 21.5 Å². The third-order valence-corrected chi connectivity index (χ3v) is 10.3. The molecule has 0 saturated carbocycles. The van der Waals surface area contributed by atoms with Gasteiger partial charge in [0.1, 0.15) is 23.2 Å². The van der Waals surface area contributed by atoms with Gasteiger partial charge in [0, 0.05) is 42.2 Å². The summed E-state index contributed by atoms with van der Waals surface area (Å²) in [6.45, 7) is 3.18. The van der Waals surface area contributed by atoms with Gasteiger partial charge in [0.15, 0.2) is 0 Å². The molecule has 0 radical (unpaired) electrons. The van der Waals surface area contributed by atoms with E-state index in [0.29, 0.717) is 12.8 Å². The Labute approximate surface area is 202 Å². The van der Waals surface area contributed by atoms with Crippen LogP contribution in [0.4, 0.5) is 0 Å². The summed E-state index contributed by atoms with van der Waals surface area (Å²) in [5.74, 6) is 3.24. The summed E-state index contributed by atoms with van der Waals surface area (Å²) in [7, 11) is 3.36. The van der Waals surface area contributed by atoms with E-state index in [4.69, 9.17) is 14.2 Å². The molecular weight excluding hydrogens is 456 g/mol. The van der Waals surface area contributed by atoms with Crippen LogP contribution in [0.3, 0.4) is 0 Å². The fraction of sp³-hybridized carbons (Fsp3) is 0.423. The van der Waals surface area contributed by atoms with E-state index in [1.165, 1.54) is 12.5 Å². The standard InChI is InChI=1S/C26H28O5S2/c1-15(31-16(2)27)25(28)13-22-23(26(14-25)32-7-8-33-26)12-19-9-17-5-6-20(29-3)10-18(17)11-21(19)24(22)30-4/h5-6,9-12,15,28H,7-8,13-14H2,1-4H3/t15?,25-/m0/s1. The van der Waals surface area contributed by atoms with Gasteiger partial charge in [0.05, 0.1) is 18.3 Å². The molecule has 1 aliphatic carbocycles. The van der Waals surface area contributed by atoms with E-state index in [1.807, 2.05) is 35.7 Å². The highest BCUT2D eigenvalue weighted by molar-refractivity contribution is 8.20. The zero-order chi connectivity index (χ0) is 23.4. The Morgan fingerprint density at radius 1 is 1.03 bits per heavy atom. The van der Waals surface area contributed by atoms with Gasteiger partial charge in [-0.05, 0) is 59.0 Å². The van der Waals surface area contributed by atoms with Crippen molar-refractivity contribution in [2.24, 2.45) is 0 Å². The quantitative estimate of drug-likeness (QED) is 0.400. The van der Waals surface area contributed by atoms with Gasteiger partial charge in [0.25, 0.3) is 0 Å². The Hall–Kier alpha value is -2.09. The van der Waals surface area contributed by atoms with Crippen molar-refractivity contribution in [3.05, 3.63) is 47.5 Å². The van der Waals surface area contributed by atoms with Gasteiger partial charge in [-0.3, -0.25) is 4.79 Å². The zero-order valence-electron chi connectivity index (χ0n) is 19.3. The highest BCUT2D eigenvalue weighted by atomic mass is 32.2. The van der Waals surface area contributed by atoms with Crippen molar-refractivity contribution in [1.29, 1.82) is 0 Å². The highest BCUT2D eigenvalue weighted by Gasteiger charge is 2.53. The molecule has 1 aliphatic heterocycles. The third-order valence-electron chi connectivity index (χ3n) is 6.85. The number of hydrogen-bond acceptors (Lipinski definition) is 7. The Kier molecular flexibility index (Phi) is 5.70. The second kappa shape index (κ2) is 8.29. The number of aliphatic hydroxyl groups is 1. The topological polar surface area (TPSA) is 65.0 Å². The van der Waals surface area contributed by atoms with Crippen molar-refractivity contribution in [3.63, 3.8) is 0 Å². The first-order chi connectivity index (χ1) is 15.8. The molecule has 1 saturated heterocycles. The van der Waals surface area contributed by atoms with E-state index >= 15 is 0 Å². The molecule has 1 fully saturated rings. The highest BCUT2D eigenvalue weighted by Crippen LogP contribution is 2.62. The Balaban J connectivity index is 1.75. The Morgan fingerprint density at radius 3 is 2.45 bits per heavy atom. The summed E-state index contributed by atoms with van der Waals surface area (Å²) in [6, 6.07) is 12.7. The van der Waals surface area contributed by atoms with Crippen LogP contribution in [0.5, 0.6) is 11.5 Å². The van der Waals surface area contributed by atoms with Gasteiger partial charge in [-0.25, -0.2) is 0 Å². The number of esters is 1. The maximum Gasteiger partial charge on any atom is 0.302 e. The number of fused-ring (bicyclic) bond motifs is 4. The van der Waals surface area contributed by atoms with Gasteiger partial charge in [-0.15, -0.1) is 23.5 Å². The summed E-state index contributed by atoms with van der Waals surface area (Å²) < 4.78 is 16.6. The average molecular weight is 485 g/mol. The van der Waals surface area contributed by atoms with Gasteiger partial charge in [-0.2, -0.15) is 0 Å². The molecule has 1 N–H and O–H groups in total. The average Bonchev–Trinajstić information content (AvgIpc) is 3.24. The minimum atomic E-state index is -1.18. The number of hydrogen-bond donors (Lipinski definition) is 1. The molecule has 1 unspecified atom stereocenters. The maximum absolute atomic E-state index is 11.8. The SMILES string of the molecule is COc1ccc2cc3cc4c(c(OC)c3cc2c1)C[C@@](O)(C(C)OC(C)=O)CC41SCCS1. The van der Waals surface area contributed by atoms with Crippen molar-refractivity contribution >= 4 is 51.0 Å². The molecule has 33 heavy (non-hydrogen) atoms. The lowest BCUT2D eigenvalue weighted by molar-refractivity contribution is -0.162. The number of methoxy groups -OCH3 is 2. The Morgan fingerprint density at radius 2 is 1.79 bits per heavy atom. The monoisotopic (exact) mass is 484 g/mol. The van der Waals surface area contributed by atoms with Gasteiger partial charge >= 0.3 is 5.97 Å². The summed E-state index contributed by atoms with van der Waals surface area (Å²) >= 11 is 3.75. The van der Waals surface area contributed by atoms with Crippen molar-refractivity contribution in [2.45, 2.75) is 42.5 Å². The van der Waals surface area contributed by atoms with E-state index in [1.54, 1.807) is 21.1 Å². The summed E-state index contributed by atoms with van der Waals surface area (Å²) in [5, 5.41) is 16.1. The molecule has 1 spiro atoms. The lowest BCUT2D eigenvalue weighted by Gasteiger charge is -2.46. The Bertz CT molecular complexity index is 1250. The largest absolute Gasteiger partial charge is 0.497 e. The van der Waals surface area contributed by atoms with Crippen molar-refractivity contribution < 1.29 is 24.1 Å². The van der Waals surface area contributed by atoms with E-state index in [9.17, 15) is 9.90 Å². The molecule has 0 amide bonds. The molecule has 5 rings (SSSR count). The maximum atomic E-state index is 11.8. The van der Waals surface area contributed by atoms with Gasteiger partial charge in [-0.1, -0.05) is 6.07 Å². The molecule has 0 bridgehead atoms. The molecular formula is C26H28O5S2. The lowest BCUT2D eigenvalue weighted by atomic mass is 9.75. The minimum Gasteiger partial charge on any atom is -0.497 e. The molecule has 2 atom stereocenters. The molecule has 3 aromatic carbocycles. The molecule has 3 aromatic rings. The number of ether oxygens (including phenoxy) is 3. The summed E-state index contributed by atoms with van der Waals surface area (Å²) in [5.41, 5.74) is 1.04. The van der Waals surface area contributed by atoms with Crippen LogP contribution in [0.15, 0.2) is 36.4 Å². The van der Waals surface area contributed by atoms with E-state index in [2.05, 4.69) is 24.3 Å². The second-order valence-corrected chi connectivity index (χ2v) is 11.9. The van der Waals surface area contributed by atoms with E-state index in [-0.39, 0.29) is 10.0 Å². The minimum absolute atomic E-state index is 0.299. The lowest BCUT2D eigenvalue weighted by Crippen LogP contribution is -2.51. The fourth-order valence-electron chi connectivity index (χ4n) is 5.24. The molecule has 0 aromatic heterocycles. The third kappa shape index (κ3) is 3.74. The van der Waals surface area contributed by atoms with E-state index < -0.39 is 11.7 Å². The normalized spacial score (nSPS) is 22.3. The number of carbonyl (C=O) groups excluding carboxylic acids is 1. The van der Waals surface area contributed by atoms with Crippen LogP contribution in [-0.2, 0) is 20.0 Å². The molecule has 7 heteroatoms. The van der Waals surface area contributed by atoms with Crippen molar-refractivity contribution in [2.75, 3.05) is 25.7 Å². The molecule has 1 heterocycles. The number of benzene rings is 3. The van der Waals surface area contributed by atoms with Crippen LogP contribution in [0.2, 0.25) is 0 Å². The fourth-order valence-corrected chi connectivity index (χ4v) is 8.78. The first kappa shape index (κ1) is 22.7. The summed E-state index contributed by atoms with van der Waals surface area (Å²) in [6.07, 6.45) is 0.272. The molecule has 174 valence electrons. The zero-order valence-corrected chi connectivity index (χ0v) is 20.9. The molecule has 5 nitrogen and oxygen atoms in total. The van der Waals surface area contributed by atoms with E-state index in [0.717, 1.165) is 50.1 Å². The second-order valence-electron chi connectivity index (χ2n) is 8.88. The summed E-state index contributed by atoms with van der Waals surface area (Å²) in [4.78, 5) is 11.7. The van der Waals surface area contributed by atoms with Gasteiger partial charge < -0.3 is 19.3 Å².